The number of ether oxygens (including phenoxy) is 4. The van der Waals surface area contributed by atoms with Gasteiger partial charge < -0.3 is 48.5 Å². The number of benzene rings is 2. The first-order valence-corrected chi connectivity index (χ1v) is 14.8. The minimum Gasteiger partial charge on any atom is -0.459 e. The zero-order valence-corrected chi connectivity index (χ0v) is 27.5. The van der Waals surface area contributed by atoms with Gasteiger partial charge in [0, 0.05) is 11.1 Å². The molecular formula is C32H42B2O14. The Kier molecular flexibility index (Phi) is 19.4. The molecule has 16 heteroatoms. The highest BCUT2D eigenvalue weighted by Gasteiger charge is 2.30. The maximum atomic E-state index is 11.9. The van der Waals surface area contributed by atoms with Crippen LogP contribution in [-0.4, -0.2) is 110 Å². The van der Waals surface area contributed by atoms with Crippen molar-refractivity contribution in [2.45, 2.75) is 39.9 Å². The van der Waals surface area contributed by atoms with Gasteiger partial charge in [0.25, 0.3) is 0 Å². The number of carbonyl (C=O) groups excluding carboxylic acids is 4. The Morgan fingerprint density at radius 2 is 1.23 bits per heavy atom. The van der Waals surface area contributed by atoms with Gasteiger partial charge in [0.05, 0.1) is 36.5 Å². The van der Waals surface area contributed by atoms with E-state index in [1.807, 2.05) is 6.92 Å². The number of aliphatic hydroxyl groups excluding tert-OH is 2. The van der Waals surface area contributed by atoms with Crippen molar-refractivity contribution >= 4 is 49.0 Å². The lowest BCUT2D eigenvalue weighted by Gasteiger charge is -2.08. The standard InChI is InChI=1S/C16H19BO6.C13H15BO6.C3H8O2/c1-11(2)15(18)20-8-9-21-16(19)13-4-6-14(7-5-13)17-22-10-12(3)23-17;1-9(2)12(15)19-7-8-20-13(16)10-3-5-11(6-4-10)14(17)18;1-3(5)2-4/h4-7,12H,1,8-10H2,2-3H3;3-6,17-18H,1,7-8H2,2H3;3-5H,2H2,1H3. The lowest BCUT2D eigenvalue weighted by atomic mass is 9.79. The molecular weight excluding hydrogens is 630 g/mol. The van der Waals surface area contributed by atoms with E-state index >= 15 is 0 Å². The van der Waals surface area contributed by atoms with Crippen molar-refractivity contribution in [1.82, 2.24) is 0 Å². The molecule has 48 heavy (non-hydrogen) atoms. The fourth-order valence-electron chi connectivity index (χ4n) is 3.21. The molecule has 1 aliphatic rings. The minimum atomic E-state index is -1.58. The predicted octanol–water partition coefficient (Wildman–Crippen LogP) is 0.0952. The number of esters is 4. The topological polar surface area (TPSA) is 205 Å². The fraction of sp³-hybridized carbons (Fsp3) is 0.375. The van der Waals surface area contributed by atoms with Crippen LogP contribution in [0.5, 0.6) is 0 Å². The van der Waals surface area contributed by atoms with Crippen LogP contribution in [0.15, 0.2) is 72.8 Å². The molecule has 0 bridgehead atoms. The second kappa shape index (κ2) is 22.3. The summed E-state index contributed by atoms with van der Waals surface area (Å²) in [5, 5.41) is 33.8. The summed E-state index contributed by atoms with van der Waals surface area (Å²) >= 11 is 0. The molecule has 1 fully saturated rings. The number of hydrogen-bond donors (Lipinski definition) is 4. The lowest BCUT2D eigenvalue weighted by Crippen LogP contribution is -2.32. The van der Waals surface area contributed by atoms with Crippen molar-refractivity contribution in [1.29, 1.82) is 0 Å². The summed E-state index contributed by atoms with van der Waals surface area (Å²) < 4.78 is 30.6. The first-order valence-electron chi connectivity index (χ1n) is 14.8. The van der Waals surface area contributed by atoms with Crippen LogP contribution in [0, 0.1) is 0 Å². The Bertz CT molecular complexity index is 1340. The number of aliphatic hydroxyl groups is 2. The normalized spacial score (nSPS) is 13.8. The lowest BCUT2D eigenvalue weighted by molar-refractivity contribution is -0.140. The van der Waals surface area contributed by atoms with Crippen LogP contribution in [0.1, 0.15) is 48.4 Å². The van der Waals surface area contributed by atoms with E-state index in [1.54, 1.807) is 31.2 Å². The van der Waals surface area contributed by atoms with Gasteiger partial charge in [-0.2, -0.15) is 0 Å². The smallest absolute Gasteiger partial charge is 0.459 e. The fourth-order valence-corrected chi connectivity index (χ4v) is 3.21. The summed E-state index contributed by atoms with van der Waals surface area (Å²) in [6.07, 6.45) is -0.499. The van der Waals surface area contributed by atoms with Crippen molar-refractivity contribution in [3.63, 3.8) is 0 Å². The van der Waals surface area contributed by atoms with Crippen LogP contribution in [-0.2, 0) is 37.8 Å². The minimum absolute atomic E-state index is 0.00282. The molecule has 0 aromatic heterocycles. The first-order chi connectivity index (χ1) is 22.7. The molecule has 1 aliphatic heterocycles. The zero-order chi connectivity index (χ0) is 36.2. The van der Waals surface area contributed by atoms with E-state index in [-0.39, 0.29) is 55.7 Å². The van der Waals surface area contributed by atoms with Gasteiger partial charge in [-0.15, -0.1) is 0 Å². The molecule has 0 radical (unpaired) electrons. The Morgan fingerprint density at radius 1 is 0.833 bits per heavy atom. The van der Waals surface area contributed by atoms with Crippen LogP contribution in [0.4, 0.5) is 0 Å². The van der Waals surface area contributed by atoms with E-state index in [0.717, 1.165) is 5.46 Å². The second-order valence-electron chi connectivity index (χ2n) is 10.4. The zero-order valence-electron chi connectivity index (χ0n) is 27.5. The van der Waals surface area contributed by atoms with E-state index in [9.17, 15) is 19.2 Å². The van der Waals surface area contributed by atoms with Crippen LogP contribution in [0.2, 0.25) is 0 Å². The molecule has 3 rings (SSSR count). The van der Waals surface area contributed by atoms with Gasteiger partial charge >= 0.3 is 38.1 Å². The van der Waals surface area contributed by atoms with Gasteiger partial charge in [-0.1, -0.05) is 37.4 Å². The summed E-state index contributed by atoms with van der Waals surface area (Å²) in [6.45, 7) is 13.7. The highest BCUT2D eigenvalue weighted by atomic mass is 16.6. The third kappa shape index (κ3) is 16.5. The first kappa shape index (κ1) is 41.7. The van der Waals surface area contributed by atoms with Crippen molar-refractivity contribution in [2.75, 3.05) is 39.6 Å². The van der Waals surface area contributed by atoms with Gasteiger partial charge in [-0.25, -0.2) is 19.2 Å². The molecule has 0 aliphatic carbocycles. The summed E-state index contributed by atoms with van der Waals surface area (Å²) in [6, 6.07) is 12.5. The summed E-state index contributed by atoms with van der Waals surface area (Å²) in [4.78, 5) is 45.7. The molecule has 1 saturated heterocycles. The molecule has 2 aromatic carbocycles. The van der Waals surface area contributed by atoms with Gasteiger partial charge in [0.1, 0.15) is 26.4 Å². The quantitative estimate of drug-likeness (QED) is 0.0733. The van der Waals surface area contributed by atoms with Crippen LogP contribution >= 0.6 is 0 Å². The molecule has 260 valence electrons. The molecule has 1 heterocycles. The van der Waals surface area contributed by atoms with Gasteiger partial charge in [-0.05, 0) is 62.9 Å². The summed E-state index contributed by atoms with van der Waals surface area (Å²) in [7, 11) is -1.97. The number of rotatable bonds is 13. The monoisotopic (exact) mass is 672 g/mol. The molecule has 2 unspecified atom stereocenters. The van der Waals surface area contributed by atoms with Crippen LogP contribution < -0.4 is 10.9 Å². The SMILES string of the molecule is C=C(C)C(=O)OCCOC(=O)c1ccc(B(O)O)cc1.C=C(C)C(=O)OCCOC(=O)c1ccc(B2OCC(C)O2)cc1.CC(O)CO. The van der Waals surface area contributed by atoms with Gasteiger partial charge in [0.15, 0.2) is 0 Å². The van der Waals surface area contributed by atoms with Crippen molar-refractivity contribution in [3.8, 4) is 0 Å². The molecule has 2 aromatic rings. The Balaban J connectivity index is 0.000000424. The second-order valence-corrected chi connectivity index (χ2v) is 10.4. The number of hydrogen-bond acceptors (Lipinski definition) is 14. The third-order valence-electron chi connectivity index (χ3n) is 5.76. The highest BCUT2D eigenvalue weighted by molar-refractivity contribution is 6.61. The van der Waals surface area contributed by atoms with Crippen molar-refractivity contribution in [3.05, 3.63) is 84.0 Å². The van der Waals surface area contributed by atoms with Crippen LogP contribution in [0.25, 0.3) is 0 Å². The molecule has 4 N–H and O–H groups in total. The van der Waals surface area contributed by atoms with Crippen LogP contribution in [0.3, 0.4) is 0 Å². The van der Waals surface area contributed by atoms with E-state index in [0.29, 0.717) is 17.7 Å². The average Bonchev–Trinajstić information content (AvgIpc) is 3.51. The predicted molar refractivity (Wildman–Crippen MR) is 175 cm³/mol. The van der Waals surface area contributed by atoms with Crippen molar-refractivity contribution in [2.24, 2.45) is 0 Å². The molecule has 14 nitrogen and oxygen atoms in total. The van der Waals surface area contributed by atoms with E-state index < -0.39 is 44.2 Å². The van der Waals surface area contributed by atoms with E-state index in [1.165, 1.54) is 38.1 Å². The highest BCUT2D eigenvalue weighted by Crippen LogP contribution is 2.09. The van der Waals surface area contributed by atoms with Gasteiger partial charge in [0.2, 0.25) is 0 Å². The molecule has 0 saturated carbocycles. The number of carbonyl (C=O) groups is 4. The maximum absolute atomic E-state index is 11.9. The summed E-state index contributed by atoms with van der Waals surface area (Å²) in [5.41, 5.74) is 2.37. The average molecular weight is 672 g/mol. The van der Waals surface area contributed by atoms with E-state index in [4.69, 9.17) is 48.5 Å². The summed E-state index contributed by atoms with van der Waals surface area (Å²) in [5.74, 6) is -2.11. The van der Waals surface area contributed by atoms with Crippen molar-refractivity contribution < 1.29 is 67.7 Å². The molecule has 0 spiro atoms. The largest absolute Gasteiger partial charge is 0.494 e. The molecule has 2 atom stereocenters. The van der Waals surface area contributed by atoms with Gasteiger partial charge in [-0.3, -0.25) is 0 Å². The third-order valence-corrected chi connectivity index (χ3v) is 5.76. The Hall–Kier alpha value is -4.31. The Morgan fingerprint density at radius 3 is 1.56 bits per heavy atom. The maximum Gasteiger partial charge on any atom is 0.494 e. The van der Waals surface area contributed by atoms with E-state index in [2.05, 4.69) is 13.2 Å². The Labute approximate surface area is 280 Å². The molecule has 0 amide bonds.